The maximum atomic E-state index is 12.4. The van der Waals surface area contributed by atoms with E-state index in [1.165, 1.54) is 0 Å². The lowest BCUT2D eigenvalue weighted by Gasteiger charge is -2.18. The quantitative estimate of drug-likeness (QED) is 0.814. The van der Waals surface area contributed by atoms with E-state index in [1.54, 1.807) is 23.2 Å². The molecule has 0 atom stereocenters. The lowest BCUT2D eigenvalue weighted by atomic mass is 10.2. The highest BCUT2D eigenvalue weighted by Crippen LogP contribution is 2.04. The van der Waals surface area contributed by atoms with Crippen LogP contribution >= 0.6 is 0 Å². The predicted molar refractivity (Wildman–Crippen MR) is 84.5 cm³/mol. The predicted octanol–water partition coefficient (Wildman–Crippen LogP) is 1.97. The summed E-state index contributed by atoms with van der Waals surface area (Å²) in [6.45, 7) is 5.61. The van der Waals surface area contributed by atoms with E-state index in [1.807, 2.05) is 30.1 Å². The molecule has 0 amide bonds. The van der Waals surface area contributed by atoms with Gasteiger partial charge in [-0.15, -0.1) is 0 Å². The van der Waals surface area contributed by atoms with Gasteiger partial charge < -0.3 is 9.47 Å². The summed E-state index contributed by atoms with van der Waals surface area (Å²) in [5, 5.41) is 0. The molecule has 0 bridgehead atoms. The number of likely N-dealkylation sites (N-methyl/N-ethyl adjacent to an activating group) is 1. The molecule has 0 aromatic carbocycles. The molecule has 2 heterocycles. The molecule has 0 fully saturated rings. The Balaban J connectivity index is 2.09. The number of hydrogen-bond acceptors (Lipinski definition) is 4. The van der Waals surface area contributed by atoms with E-state index in [0.717, 1.165) is 12.1 Å². The van der Waals surface area contributed by atoms with Crippen molar-refractivity contribution in [3.63, 3.8) is 0 Å². The molecule has 0 aliphatic heterocycles. The summed E-state index contributed by atoms with van der Waals surface area (Å²) in [4.78, 5) is 22.8. The monoisotopic (exact) mass is 286 g/mol. The molecule has 5 heteroatoms. The lowest BCUT2D eigenvalue weighted by molar-refractivity contribution is 0.508. The molecule has 0 aliphatic carbocycles. The highest BCUT2D eigenvalue weighted by atomic mass is 16.1. The van der Waals surface area contributed by atoms with E-state index >= 15 is 0 Å². The van der Waals surface area contributed by atoms with Gasteiger partial charge in [-0.05, 0) is 18.1 Å². The zero-order valence-corrected chi connectivity index (χ0v) is 12.9. The largest absolute Gasteiger partial charge is 0.355 e. The number of rotatable bonds is 6. The van der Waals surface area contributed by atoms with Gasteiger partial charge in [-0.25, -0.2) is 4.98 Å². The van der Waals surface area contributed by atoms with Crippen molar-refractivity contribution in [3.8, 4) is 0 Å². The van der Waals surface area contributed by atoms with Crippen LogP contribution in [0, 0.1) is 5.92 Å². The van der Waals surface area contributed by atoms with Crippen LogP contribution in [0.4, 0.5) is 5.82 Å². The molecular weight excluding hydrogens is 264 g/mol. The van der Waals surface area contributed by atoms with Crippen molar-refractivity contribution in [2.75, 3.05) is 18.5 Å². The summed E-state index contributed by atoms with van der Waals surface area (Å²) >= 11 is 0. The third-order valence-corrected chi connectivity index (χ3v) is 3.25. The van der Waals surface area contributed by atoms with Crippen molar-refractivity contribution in [2.45, 2.75) is 26.8 Å². The van der Waals surface area contributed by atoms with Crippen LogP contribution < -0.4 is 10.5 Å². The average molecular weight is 286 g/mol. The Bertz CT molecular complexity index is 622. The molecule has 112 valence electrons. The van der Waals surface area contributed by atoms with Crippen LogP contribution in [0.1, 0.15) is 19.5 Å². The van der Waals surface area contributed by atoms with Gasteiger partial charge in [0.25, 0.3) is 5.56 Å². The molecule has 0 saturated carbocycles. The molecular formula is C16H22N4O. The number of aromatic nitrogens is 3. The summed E-state index contributed by atoms with van der Waals surface area (Å²) in [5.74, 6) is 0.922. The third kappa shape index (κ3) is 4.15. The minimum Gasteiger partial charge on any atom is -0.355 e. The molecule has 21 heavy (non-hydrogen) atoms. The summed E-state index contributed by atoms with van der Waals surface area (Å²) < 4.78 is 1.73. The average Bonchev–Trinajstić information content (AvgIpc) is 2.47. The first-order valence-electron chi connectivity index (χ1n) is 7.24. The Morgan fingerprint density at radius 1 is 1.24 bits per heavy atom. The molecule has 0 spiro atoms. The molecule has 2 aromatic rings. The number of nitrogens with zero attached hydrogens (tertiary/aromatic N) is 4. The first kappa shape index (κ1) is 15.2. The molecule has 0 aliphatic rings. The zero-order chi connectivity index (χ0) is 15.2. The van der Waals surface area contributed by atoms with E-state index in [4.69, 9.17) is 0 Å². The molecule has 0 saturated heterocycles. The van der Waals surface area contributed by atoms with Crippen LogP contribution in [-0.2, 0) is 13.0 Å². The van der Waals surface area contributed by atoms with E-state index in [0.29, 0.717) is 24.8 Å². The van der Waals surface area contributed by atoms with E-state index in [2.05, 4.69) is 23.8 Å². The third-order valence-electron chi connectivity index (χ3n) is 3.25. The number of pyridine rings is 1. The van der Waals surface area contributed by atoms with Gasteiger partial charge in [0.05, 0.1) is 0 Å². The van der Waals surface area contributed by atoms with Crippen LogP contribution in [0.25, 0.3) is 0 Å². The Hall–Kier alpha value is -2.17. The summed E-state index contributed by atoms with van der Waals surface area (Å²) in [6.07, 6.45) is 6.01. The van der Waals surface area contributed by atoms with Gasteiger partial charge >= 0.3 is 0 Å². The Morgan fingerprint density at radius 2 is 2.05 bits per heavy atom. The first-order valence-corrected chi connectivity index (χ1v) is 7.24. The molecule has 2 rings (SSSR count). The highest BCUT2D eigenvalue weighted by Gasteiger charge is 2.10. The maximum Gasteiger partial charge on any atom is 0.293 e. The Labute approximate surface area is 125 Å². The van der Waals surface area contributed by atoms with Crippen molar-refractivity contribution in [3.05, 3.63) is 52.8 Å². The van der Waals surface area contributed by atoms with Crippen molar-refractivity contribution >= 4 is 5.82 Å². The van der Waals surface area contributed by atoms with E-state index < -0.39 is 0 Å². The van der Waals surface area contributed by atoms with Crippen molar-refractivity contribution in [2.24, 2.45) is 5.92 Å². The molecule has 0 unspecified atom stereocenters. The summed E-state index contributed by atoms with van der Waals surface area (Å²) in [7, 11) is 1.90. The zero-order valence-electron chi connectivity index (χ0n) is 12.9. The maximum absolute atomic E-state index is 12.4. The molecule has 0 radical (unpaired) electrons. The van der Waals surface area contributed by atoms with Crippen LogP contribution in [0.5, 0.6) is 0 Å². The van der Waals surface area contributed by atoms with Gasteiger partial charge in [0.15, 0.2) is 5.82 Å². The van der Waals surface area contributed by atoms with Crippen LogP contribution in [0.2, 0.25) is 0 Å². The Morgan fingerprint density at radius 3 is 2.71 bits per heavy atom. The second kappa shape index (κ2) is 7.02. The van der Waals surface area contributed by atoms with Gasteiger partial charge in [-0.3, -0.25) is 9.78 Å². The normalized spacial score (nSPS) is 10.9. The lowest BCUT2D eigenvalue weighted by Crippen LogP contribution is -2.32. The van der Waals surface area contributed by atoms with E-state index in [9.17, 15) is 4.79 Å². The summed E-state index contributed by atoms with van der Waals surface area (Å²) in [5.41, 5.74) is 0.984. The van der Waals surface area contributed by atoms with Crippen molar-refractivity contribution in [1.29, 1.82) is 0 Å². The fourth-order valence-electron chi connectivity index (χ4n) is 2.17. The van der Waals surface area contributed by atoms with Crippen LogP contribution in [0.3, 0.4) is 0 Å². The van der Waals surface area contributed by atoms with E-state index in [-0.39, 0.29) is 5.56 Å². The standard InChI is InChI=1S/C16H22N4O/c1-13(2)12-20-11-9-18-15(16(20)21)19(3)10-7-14-6-4-5-8-17-14/h4-6,8-9,11,13H,7,10,12H2,1-3H3. The van der Waals surface area contributed by atoms with Crippen molar-refractivity contribution in [1.82, 2.24) is 14.5 Å². The number of anilines is 1. The topological polar surface area (TPSA) is 51.0 Å². The van der Waals surface area contributed by atoms with Crippen LogP contribution in [-0.4, -0.2) is 28.1 Å². The van der Waals surface area contributed by atoms with Gasteiger partial charge in [0, 0.05) is 50.8 Å². The second-order valence-corrected chi connectivity index (χ2v) is 5.59. The van der Waals surface area contributed by atoms with Gasteiger partial charge in [-0.1, -0.05) is 19.9 Å². The fraction of sp³-hybridized carbons (Fsp3) is 0.438. The minimum atomic E-state index is -0.0327. The van der Waals surface area contributed by atoms with Crippen molar-refractivity contribution < 1.29 is 0 Å². The second-order valence-electron chi connectivity index (χ2n) is 5.59. The minimum absolute atomic E-state index is 0.0327. The highest BCUT2D eigenvalue weighted by molar-refractivity contribution is 5.34. The molecule has 2 aromatic heterocycles. The number of hydrogen-bond donors (Lipinski definition) is 0. The van der Waals surface area contributed by atoms with Gasteiger partial charge in [0.2, 0.25) is 0 Å². The van der Waals surface area contributed by atoms with Crippen LogP contribution in [0.15, 0.2) is 41.6 Å². The fourth-order valence-corrected chi connectivity index (χ4v) is 2.17. The molecule has 0 N–H and O–H groups in total. The van der Waals surface area contributed by atoms with Gasteiger partial charge in [0.1, 0.15) is 0 Å². The Kier molecular flexibility index (Phi) is 5.09. The summed E-state index contributed by atoms with van der Waals surface area (Å²) in [6, 6.07) is 5.86. The molecule has 5 nitrogen and oxygen atoms in total. The smallest absolute Gasteiger partial charge is 0.293 e. The van der Waals surface area contributed by atoms with Gasteiger partial charge in [-0.2, -0.15) is 0 Å². The SMILES string of the molecule is CC(C)Cn1ccnc(N(C)CCc2ccccn2)c1=O. The first-order chi connectivity index (χ1) is 10.1.